The van der Waals surface area contributed by atoms with E-state index in [1.165, 1.54) is 18.2 Å². The molecule has 0 fully saturated rings. The average molecular weight is 315 g/mol. The van der Waals surface area contributed by atoms with Crippen LogP contribution in [0.25, 0.3) is 0 Å². The van der Waals surface area contributed by atoms with Crippen LogP contribution in [-0.2, 0) is 12.8 Å². The summed E-state index contributed by atoms with van der Waals surface area (Å²) in [6.45, 7) is 0. The standard InChI is InChI=1S/C16H14Cl2F2/c17-10-13(6-11-2-1-3-14(19)8-11)7-12-4-5-16(20)15(18)9-12/h1-5,8-9,13H,6-7,10H2. The molecular formula is C16H14Cl2F2. The Labute approximate surface area is 127 Å². The minimum atomic E-state index is -0.428. The van der Waals surface area contributed by atoms with Crippen molar-refractivity contribution in [3.63, 3.8) is 0 Å². The monoisotopic (exact) mass is 314 g/mol. The molecule has 2 aromatic rings. The molecule has 20 heavy (non-hydrogen) atoms. The van der Waals surface area contributed by atoms with Crippen molar-refractivity contribution in [3.8, 4) is 0 Å². The van der Waals surface area contributed by atoms with Gasteiger partial charge in [-0.05, 0) is 54.2 Å². The molecule has 0 radical (unpaired) electrons. The smallest absolute Gasteiger partial charge is 0.141 e. The molecular weight excluding hydrogens is 301 g/mol. The minimum Gasteiger partial charge on any atom is -0.207 e. The van der Waals surface area contributed by atoms with E-state index in [0.29, 0.717) is 18.7 Å². The summed E-state index contributed by atoms with van der Waals surface area (Å²) in [6, 6.07) is 11.2. The van der Waals surface area contributed by atoms with Gasteiger partial charge in [-0.3, -0.25) is 0 Å². The molecule has 0 aliphatic heterocycles. The molecule has 0 N–H and O–H groups in total. The first-order chi connectivity index (χ1) is 9.58. The molecule has 2 aromatic carbocycles. The van der Waals surface area contributed by atoms with Gasteiger partial charge in [-0.25, -0.2) is 8.78 Å². The molecule has 0 amide bonds. The molecule has 0 aliphatic rings. The lowest BCUT2D eigenvalue weighted by Gasteiger charge is -2.14. The van der Waals surface area contributed by atoms with Crippen molar-refractivity contribution in [3.05, 3.63) is 70.2 Å². The van der Waals surface area contributed by atoms with Gasteiger partial charge in [0.25, 0.3) is 0 Å². The number of alkyl halides is 1. The zero-order chi connectivity index (χ0) is 14.5. The second-order valence-corrected chi connectivity index (χ2v) is 5.52. The number of benzene rings is 2. The summed E-state index contributed by atoms with van der Waals surface area (Å²) in [5.74, 6) is -0.0745. The Morgan fingerprint density at radius 3 is 2.25 bits per heavy atom. The van der Waals surface area contributed by atoms with Crippen molar-refractivity contribution >= 4 is 23.2 Å². The quantitative estimate of drug-likeness (QED) is 0.660. The summed E-state index contributed by atoms with van der Waals surface area (Å²) in [5, 5.41) is 0.113. The lowest BCUT2D eigenvalue weighted by molar-refractivity contribution is 0.574. The Bertz CT molecular complexity index is 584. The van der Waals surface area contributed by atoms with E-state index in [2.05, 4.69) is 0 Å². The molecule has 0 saturated carbocycles. The van der Waals surface area contributed by atoms with Gasteiger partial charge in [-0.15, -0.1) is 11.6 Å². The van der Waals surface area contributed by atoms with Gasteiger partial charge in [0.2, 0.25) is 0 Å². The van der Waals surface area contributed by atoms with Crippen LogP contribution in [0.3, 0.4) is 0 Å². The Balaban J connectivity index is 2.07. The second-order valence-electron chi connectivity index (χ2n) is 4.81. The van der Waals surface area contributed by atoms with E-state index in [4.69, 9.17) is 23.2 Å². The molecule has 0 bridgehead atoms. The Hall–Kier alpha value is -1.12. The van der Waals surface area contributed by atoms with Crippen molar-refractivity contribution in [2.24, 2.45) is 5.92 Å². The highest BCUT2D eigenvalue weighted by Crippen LogP contribution is 2.21. The zero-order valence-corrected chi connectivity index (χ0v) is 12.3. The fourth-order valence-electron chi connectivity index (χ4n) is 2.18. The van der Waals surface area contributed by atoms with Gasteiger partial charge in [0.1, 0.15) is 11.6 Å². The lowest BCUT2D eigenvalue weighted by Crippen LogP contribution is -2.10. The summed E-state index contributed by atoms with van der Waals surface area (Å²) in [4.78, 5) is 0. The maximum Gasteiger partial charge on any atom is 0.141 e. The molecule has 0 aromatic heterocycles. The molecule has 2 rings (SSSR count). The van der Waals surface area contributed by atoms with Gasteiger partial charge in [0.05, 0.1) is 5.02 Å². The minimum absolute atomic E-state index is 0.113. The fourth-order valence-corrected chi connectivity index (χ4v) is 2.60. The van der Waals surface area contributed by atoms with Crippen molar-refractivity contribution in [2.45, 2.75) is 12.8 Å². The highest BCUT2D eigenvalue weighted by atomic mass is 35.5. The average Bonchev–Trinajstić information content (AvgIpc) is 2.42. The number of hydrogen-bond acceptors (Lipinski definition) is 0. The van der Waals surface area contributed by atoms with Gasteiger partial charge >= 0.3 is 0 Å². The van der Waals surface area contributed by atoms with E-state index in [1.54, 1.807) is 18.2 Å². The molecule has 0 heterocycles. The van der Waals surface area contributed by atoms with E-state index in [1.807, 2.05) is 6.07 Å². The van der Waals surface area contributed by atoms with Crippen LogP contribution in [0.4, 0.5) is 8.78 Å². The van der Waals surface area contributed by atoms with Crippen LogP contribution >= 0.6 is 23.2 Å². The Kier molecular flexibility index (Phi) is 5.38. The Morgan fingerprint density at radius 2 is 1.65 bits per heavy atom. The van der Waals surface area contributed by atoms with Crippen molar-refractivity contribution in [1.29, 1.82) is 0 Å². The predicted molar refractivity (Wildman–Crippen MR) is 79.4 cm³/mol. The van der Waals surface area contributed by atoms with Crippen molar-refractivity contribution in [2.75, 3.05) is 5.88 Å². The second kappa shape index (κ2) is 7.05. The summed E-state index contributed by atoms with van der Waals surface area (Å²) in [5.41, 5.74) is 1.84. The van der Waals surface area contributed by atoms with Crippen LogP contribution in [0.15, 0.2) is 42.5 Å². The summed E-state index contributed by atoms with van der Waals surface area (Å²) < 4.78 is 26.3. The van der Waals surface area contributed by atoms with Gasteiger partial charge in [0.15, 0.2) is 0 Å². The van der Waals surface area contributed by atoms with Crippen LogP contribution in [0.1, 0.15) is 11.1 Å². The third-order valence-corrected chi connectivity index (χ3v) is 3.87. The number of hydrogen-bond donors (Lipinski definition) is 0. The van der Waals surface area contributed by atoms with Crippen LogP contribution in [0.2, 0.25) is 5.02 Å². The van der Waals surface area contributed by atoms with Crippen molar-refractivity contribution < 1.29 is 8.78 Å². The molecule has 1 atom stereocenters. The van der Waals surface area contributed by atoms with Crippen LogP contribution in [0, 0.1) is 17.6 Å². The van der Waals surface area contributed by atoms with Gasteiger partial charge < -0.3 is 0 Å². The van der Waals surface area contributed by atoms with Gasteiger partial charge in [-0.1, -0.05) is 29.8 Å². The van der Waals surface area contributed by atoms with Gasteiger partial charge in [-0.2, -0.15) is 0 Å². The first kappa shape index (κ1) is 15.3. The molecule has 0 spiro atoms. The maximum atomic E-state index is 13.2. The van der Waals surface area contributed by atoms with E-state index < -0.39 is 5.82 Å². The highest BCUT2D eigenvalue weighted by Gasteiger charge is 2.11. The third kappa shape index (κ3) is 4.19. The predicted octanol–water partition coefficient (Wildman–Crippen LogP) is 5.26. The molecule has 0 aliphatic carbocycles. The molecule has 0 nitrogen and oxygen atoms in total. The maximum absolute atomic E-state index is 13.2. The largest absolute Gasteiger partial charge is 0.207 e. The zero-order valence-electron chi connectivity index (χ0n) is 10.8. The highest BCUT2D eigenvalue weighted by molar-refractivity contribution is 6.30. The first-order valence-electron chi connectivity index (χ1n) is 6.33. The van der Waals surface area contributed by atoms with E-state index in [-0.39, 0.29) is 16.8 Å². The van der Waals surface area contributed by atoms with E-state index in [9.17, 15) is 8.78 Å². The summed E-state index contributed by atoms with van der Waals surface area (Å²) >= 11 is 11.7. The van der Waals surface area contributed by atoms with E-state index in [0.717, 1.165) is 11.1 Å². The molecule has 0 saturated heterocycles. The normalized spacial score (nSPS) is 12.4. The number of rotatable bonds is 5. The molecule has 4 heteroatoms. The van der Waals surface area contributed by atoms with Crippen molar-refractivity contribution in [1.82, 2.24) is 0 Å². The van der Waals surface area contributed by atoms with E-state index >= 15 is 0 Å². The fraction of sp³-hybridized carbons (Fsp3) is 0.250. The third-order valence-electron chi connectivity index (χ3n) is 3.14. The summed E-state index contributed by atoms with van der Waals surface area (Å²) in [6.07, 6.45) is 1.36. The first-order valence-corrected chi connectivity index (χ1v) is 7.24. The molecule has 1 unspecified atom stereocenters. The lowest BCUT2D eigenvalue weighted by atomic mass is 9.94. The number of halogens is 4. The van der Waals surface area contributed by atoms with Crippen LogP contribution in [0.5, 0.6) is 0 Å². The van der Waals surface area contributed by atoms with Crippen LogP contribution < -0.4 is 0 Å². The topological polar surface area (TPSA) is 0 Å². The van der Waals surface area contributed by atoms with Gasteiger partial charge in [0, 0.05) is 5.88 Å². The van der Waals surface area contributed by atoms with Crippen LogP contribution in [-0.4, -0.2) is 5.88 Å². The Morgan fingerprint density at radius 1 is 0.950 bits per heavy atom. The SMILES string of the molecule is Fc1cccc(CC(CCl)Cc2ccc(F)c(Cl)c2)c1. The molecule has 106 valence electrons. The summed E-state index contributed by atoms with van der Waals surface area (Å²) in [7, 11) is 0.